The van der Waals surface area contributed by atoms with E-state index >= 15 is 0 Å². The molecule has 2 atom stereocenters. The van der Waals surface area contributed by atoms with Gasteiger partial charge in [-0.25, -0.2) is 0 Å². The highest BCUT2D eigenvalue weighted by Gasteiger charge is 2.29. The molecule has 5 nitrogen and oxygen atoms in total. The summed E-state index contributed by atoms with van der Waals surface area (Å²) in [6.45, 7) is 6.17. The van der Waals surface area contributed by atoms with Crippen molar-refractivity contribution in [2.45, 2.75) is 25.7 Å². The van der Waals surface area contributed by atoms with Crippen molar-refractivity contribution in [1.82, 2.24) is 14.6 Å². The maximum atomic E-state index is 12.4. The number of carbonyl (C=O) groups excluding carboxylic acids is 1. The van der Waals surface area contributed by atoms with E-state index in [4.69, 9.17) is 4.37 Å². The molecular weight excluding hydrogens is 440 g/mol. The first-order valence-electron chi connectivity index (χ1n) is 12.6. The number of amides is 1. The third kappa shape index (κ3) is 5.68. The fraction of sp³-hybridized carbons (Fsp3) is 0.429. The number of anilines is 1. The zero-order valence-electron chi connectivity index (χ0n) is 19.7. The molecule has 0 spiro atoms. The van der Waals surface area contributed by atoms with Gasteiger partial charge < -0.3 is 10.2 Å². The van der Waals surface area contributed by atoms with Crippen LogP contribution in [-0.2, 0) is 4.79 Å². The van der Waals surface area contributed by atoms with Crippen LogP contribution in [0.1, 0.15) is 31.2 Å². The number of aromatic nitrogens is 1. The Morgan fingerprint density at radius 3 is 2.53 bits per heavy atom. The molecule has 5 rings (SSSR count). The average Bonchev–Trinajstić information content (AvgIpc) is 3.32. The Labute approximate surface area is 206 Å². The molecule has 0 radical (unpaired) electrons. The molecule has 1 aliphatic carbocycles. The number of piperazine rings is 1. The average molecular weight is 475 g/mol. The molecule has 1 aromatic heterocycles. The maximum absolute atomic E-state index is 12.4. The normalized spacial score (nSPS) is 21.8. The van der Waals surface area contributed by atoms with Crippen LogP contribution in [0.4, 0.5) is 5.82 Å². The number of fused-ring (bicyclic) bond motifs is 1. The van der Waals surface area contributed by atoms with Crippen molar-refractivity contribution in [3.8, 4) is 0 Å². The minimum atomic E-state index is 0.0114. The van der Waals surface area contributed by atoms with Crippen molar-refractivity contribution in [1.29, 1.82) is 0 Å². The number of hydrogen-bond acceptors (Lipinski definition) is 5. The quantitative estimate of drug-likeness (QED) is 0.487. The Morgan fingerprint density at radius 2 is 1.71 bits per heavy atom. The summed E-state index contributed by atoms with van der Waals surface area (Å²) in [6, 6.07) is 18.5. The van der Waals surface area contributed by atoms with E-state index in [1.807, 2.05) is 36.4 Å². The molecule has 2 aliphatic rings. The van der Waals surface area contributed by atoms with Crippen LogP contribution in [0.5, 0.6) is 0 Å². The first-order valence-corrected chi connectivity index (χ1v) is 13.4. The molecule has 1 aliphatic heterocycles. The molecule has 1 saturated carbocycles. The van der Waals surface area contributed by atoms with Crippen LogP contribution in [0, 0.1) is 11.8 Å². The van der Waals surface area contributed by atoms with Crippen LogP contribution in [0.15, 0.2) is 60.7 Å². The van der Waals surface area contributed by atoms with Crippen LogP contribution in [-0.4, -0.2) is 54.4 Å². The number of benzene rings is 2. The molecule has 3 aromatic rings. The van der Waals surface area contributed by atoms with Crippen LogP contribution < -0.4 is 10.2 Å². The van der Waals surface area contributed by atoms with Gasteiger partial charge in [0.1, 0.15) is 5.82 Å². The Morgan fingerprint density at radius 1 is 0.971 bits per heavy atom. The summed E-state index contributed by atoms with van der Waals surface area (Å²) in [6.07, 6.45) is 8.64. The van der Waals surface area contributed by atoms with Gasteiger partial charge in [0.25, 0.3) is 0 Å². The van der Waals surface area contributed by atoms with Gasteiger partial charge in [-0.05, 0) is 60.0 Å². The summed E-state index contributed by atoms with van der Waals surface area (Å²) in [5.41, 5.74) is 1.05. The largest absolute Gasteiger partial charge is 0.353 e. The topological polar surface area (TPSA) is 48.5 Å². The number of carbonyl (C=O) groups is 1. The van der Waals surface area contributed by atoms with E-state index in [-0.39, 0.29) is 5.91 Å². The molecule has 1 saturated heterocycles. The van der Waals surface area contributed by atoms with Crippen molar-refractivity contribution < 1.29 is 4.79 Å². The Kier molecular flexibility index (Phi) is 7.56. The van der Waals surface area contributed by atoms with E-state index in [2.05, 4.69) is 39.4 Å². The zero-order valence-corrected chi connectivity index (χ0v) is 20.6. The van der Waals surface area contributed by atoms with Gasteiger partial charge in [-0.15, -0.1) is 0 Å². The second kappa shape index (κ2) is 11.2. The van der Waals surface area contributed by atoms with Crippen LogP contribution in [0.3, 0.4) is 0 Å². The predicted molar refractivity (Wildman–Crippen MR) is 142 cm³/mol. The second-order valence-corrected chi connectivity index (χ2v) is 10.4. The summed E-state index contributed by atoms with van der Waals surface area (Å²) in [5.74, 6) is 2.40. The molecule has 1 N–H and O–H groups in total. The monoisotopic (exact) mass is 474 g/mol. The predicted octanol–water partition coefficient (Wildman–Crippen LogP) is 5.05. The van der Waals surface area contributed by atoms with Crippen molar-refractivity contribution in [2.75, 3.05) is 44.2 Å². The lowest BCUT2D eigenvalue weighted by Crippen LogP contribution is -2.49. The van der Waals surface area contributed by atoms with E-state index in [9.17, 15) is 4.79 Å². The summed E-state index contributed by atoms with van der Waals surface area (Å²) in [4.78, 5) is 17.5. The molecule has 1 amide bonds. The van der Waals surface area contributed by atoms with E-state index in [0.29, 0.717) is 11.8 Å². The lowest BCUT2D eigenvalue weighted by Gasteiger charge is -2.40. The molecule has 2 fully saturated rings. The Hall–Kier alpha value is -2.70. The van der Waals surface area contributed by atoms with E-state index < -0.39 is 0 Å². The Bertz CT molecular complexity index is 1100. The van der Waals surface area contributed by atoms with Gasteiger partial charge in [0.2, 0.25) is 5.91 Å². The zero-order chi connectivity index (χ0) is 23.2. The molecule has 2 aromatic carbocycles. The van der Waals surface area contributed by atoms with Crippen LogP contribution >= 0.6 is 11.5 Å². The van der Waals surface area contributed by atoms with Crippen LogP contribution in [0.2, 0.25) is 0 Å². The SMILES string of the molecule is O=C(C=Cc1ccccc1)NC[C@H]1CCCC[C@H]1CN1CCN(c2nsc3ccccc23)CC1. The second-order valence-electron chi connectivity index (χ2n) is 9.58. The fourth-order valence-electron chi connectivity index (χ4n) is 5.39. The van der Waals surface area contributed by atoms with Crippen molar-refractivity contribution in [2.24, 2.45) is 11.8 Å². The number of rotatable bonds is 7. The summed E-state index contributed by atoms with van der Waals surface area (Å²) >= 11 is 1.60. The van der Waals surface area contributed by atoms with Gasteiger partial charge in [-0.1, -0.05) is 55.3 Å². The first-order chi connectivity index (χ1) is 16.8. The molecule has 0 unspecified atom stereocenters. The van der Waals surface area contributed by atoms with E-state index in [0.717, 1.165) is 50.6 Å². The van der Waals surface area contributed by atoms with Gasteiger partial charge in [0, 0.05) is 50.7 Å². The highest BCUT2D eigenvalue weighted by Crippen LogP contribution is 2.32. The summed E-state index contributed by atoms with van der Waals surface area (Å²) in [7, 11) is 0. The molecule has 34 heavy (non-hydrogen) atoms. The van der Waals surface area contributed by atoms with E-state index in [1.165, 1.54) is 35.8 Å². The molecule has 178 valence electrons. The maximum Gasteiger partial charge on any atom is 0.244 e. The third-order valence-electron chi connectivity index (χ3n) is 7.35. The highest BCUT2D eigenvalue weighted by molar-refractivity contribution is 7.13. The minimum absolute atomic E-state index is 0.0114. The molecule has 2 heterocycles. The summed E-state index contributed by atoms with van der Waals surface area (Å²) < 4.78 is 6.02. The van der Waals surface area contributed by atoms with Gasteiger partial charge in [0.15, 0.2) is 0 Å². The number of nitrogens with zero attached hydrogens (tertiary/aromatic N) is 3. The van der Waals surface area contributed by atoms with Crippen molar-refractivity contribution in [3.63, 3.8) is 0 Å². The summed E-state index contributed by atoms with van der Waals surface area (Å²) in [5, 5.41) is 4.46. The van der Waals surface area contributed by atoms with Gasteiger partial charge in [0.05, 0.1) is 4.70 Å². The first kappa shape index (κ1) is 23.1. The van der Waals surface area contributed by atoms with Crippen molar-refractivity contribution >= 4 is 39.4 Å². The van der Waals surface area contributed by atoms with Crippen molar-refractivity contribution in [3.05, 3.63) is 66.2 Å². The standard InChI is InChI=1S/C28H34N4OS/c33-27(15-14-22-8-2-1-3-9-22)29-20-23-10-4-5-11-24(23)21-31-16-18-32(19-17-31)28-25-12-6-7-13-26(25)34-30-28/h1-3,6-9,12-15,23-24H,4-5,10-11,16-21H2,(H,29,33)/t23-,24+/m1/s1. The smallest absolute Gasteiger partial charge is 0.244 e. The number of hydrogen-bond donors (Lipinski definition) is 1. The van der Waals surface area contributed by atoms with Gasteiger partial charge in [-0.3, -0.25) is 9.69 Å². The lowest BCUT2D eigenvalue weighted by molar-refractivity contribution is -0.116. The lowest BCUT2D eigenvalue weighted by atomic mass is 9.78. The van der Waals surface area contributed by atoms with Gasteiger partial charge in [-0.2, -0.15) is 4.37 Å². The van der Waals surface area contributed by atoms with E-state index in [1.54, 1.807) is 17.6 Å². The minimum Gasteiger partial charge on any atom is -0.353 e. The third-order valence-corrected chi connectivity index (χ3v) is 8.17. The molecule has 6 heteroatoms. The highest BCUT2D eigenvalue weighted by atomic mass is 32.1. The Balaban J connectivity index is 1.11. The number of nitrogens with one attached hydrogen (secondary N) is 1. The fourth-order valence-corrected chi connectivity index (χ4v) is 6.19. The molecular formula is C28H34N4OS. The molecule has 0 bridgehead atoms. The van der Waals surface area contributed by atoms with Gasteiger partial charge >= 0.3 is 0 Å². The van der Waals surface area contributed by atoms with Crippen LogP contribution in [0.25, 0.3) is 16.2 Å².